The van der Waals surface area contributed by atoms with E-state index in [1.54, 1.807) is 0 Å². The number of thioether (sulfide) groups is 2. The van der Waals surface area contributed by atoms with Crippen molar-refractivity contribution in [1.82, 2.24) is 0 Å². The molecule has 0 amide bonds. The van der Waals surface area contributed by atoms with E-state index in [0.717, 1.165) is 9.16 Å². The molecule has 0 aromatic heterocycles. The van der Waals surface area contributed by atoms with Crippen LogP contribution in [0.3, 0.4) is 0 Å². The predicted molar refractivity (Wildman–Crippen MR) is 70.3 cm³/mol. The Bertz CT molecular complexity index is 120. The maximum absolute atomic E-state index is 2.31. The molecule has 0 saturated carbocycles. The van der Waals surface area contributed by atoms with Crippen LogP contribution in [0.2, 0.25) is 0 Å². The summed E-state index contributed by atoms with van der Waals surface area (Å²) < 4.78 is 1.98. The zero-order valence-electron chi connectivity index (χ0n) is 6.52. The summed E-state index contributed by atoms with van der Waals surface area (Å²) in [6.45, 7) is 0. The van der Waals surface area contributed by atoms with Crippen LogP contribution < -0.4 is 0 Å². The summed E-state index contributed by atoms with van der Waals surface area (Å²) in [4.78, 5) is 0. The summed E-state index contributed by atoms with van der Waals surface area (Å²) in [7, 11) is 6.70. The van der Waals surface area contributed by atoms with Gasteiger partial charge in [-0.1, -0.05) is 0 Å². The SMILES string of the molecule is C1CC(S[S][Sn+][S]C2CCS2)S1. The van der Waals surface area contributed by atoms with Crippen LogP contribution in [-0.4, -0.2) is 39.0 Å². The summed E-state index contributed by atoms with van der Waals surface area (Å²) in [6.07, 6.45) is 2.95. The van der Waals surface area contributed by atoms with Crippen molar-refractivity contribution in [3.63, 3.8) is 0 Å². The summed E-state index contributed by atoms with van der Waals surface area (Å²) in [5.41, 5.74) is 0. The van der Waals surface area contributed by atoms with Crippen LogP contribution in [0.15, 0.2) is 0 Å². The molecule has 0 aromatic rings. The van der Waals surface area contributed by atoms with Crippen molar-refractivity contribution in [2.45, 2.75) is 22.0 Å². The van der Waals surface area contributed by atoms with Gasteiger partial charge in [0, 0.05) is 0 Å². The van der Waals surface area contributed by atoms with Gasteiger partial charge in [-0.15, -0.1) is 0 Å². The van der Waals surface area contributed by atoms with E-state index < -0.39 is 0 Å². The van der Waals surface area contributed by atoms with Gasteiger partial charge in [-0.3, -0.25) is 0 Å². The molecular formula is C6H10S5Sn+. The number of hydrogen-bond acceptors (Lipinski definition) is 5. The van der Waals surface area contributed by atoms with Crippen LogP contribution >= 0.6 is 51.2 Å². The van der Waals surface area contributed by atoms with E-state index in [2.05, 4.69) is 51.2 Å². The first-order valence-corrected chi connectivity index (χ1v) is 16.1. The van der Waals surface area contributed by atoms with E-state index in [-0.39, 0.29) is 18.4 Å². The fourth-order valence-corrected chi connectivity index (χ4v) is 25.2. The second-order valence-corrected chi connectivity index (χ2v) is 19.8. The molecule has 2 unspecified atom stereocenters. The van der Waals surface area contributed by atoms with Crippen molar-refractivity contribution in [2.24, 2.45) is 0 Å². The first kappa shape index (κ1) is 11.0. The quantitative estimate of drug-likeness (QED) is 0.416. The molecule has 2 fully saturated rings. The molecular weight excluding hydrogens is 351 g/mol. The molecule has 2 saturated heterocycles. The van der Waals surface area contributed by atoms with Crippen molar-refractivity contribution in [1.29, 1.82) is 0 Å². The summed E-state index contributed by atoms with van der Waals surface area (Å²) in [5, 5.41) is 0. The Kier molecular flexibility index (Phi) is 5.71. The molecule has 0 bridgehead atoms. The van der Waals surface area contributed by atoms with Crippen molar-refractivity contribution in [3.05, 3.63) is 0 Å². The molecule has 0 aliphatic carbocycles. The van der Waals surface area contributed by atoms with Crippen LogP contribution in [-0.2, 0) is 0 Å². The van der Waals surface area contributed by atoms with E-state index in [4.69, 9.17) is 0 Å². The minimum absolute atomic E-state index is 0.108. The zero-order chi connectivity index (χ0) is 8.23. The average molecular weight is 361 g/mol. The molecule has 0 N–H and O–H groups in total. The van der Waals surface area contributed by atoms with Crippen LogP contribution in [0.25, 0.3) is 0 Å². The van der Waals surface area contributed by atoms with Crippen LogP contribution in [0.4, 0.5) is 0 Å². The topological polar surface area (TPSA) is 0 Å². The van der Waals surface area contributed by atoms with Gasteiger partial charge in [0.05, 0.1) is 0 Å². The molecule has 12 heavy (non-hydrogen) atoms. The molecule has 2 rings (SSSR count). The van der Waals surface area contributed by atoms with Gasteiger partial charge in [0.15, 0.2) is 0 Å². The Balaban J connectivity index is 1.40. The van der Waals surface area contributed by atoms with E-state index in [1.165, 1.54) is 24.3 Å². The van der Waals surface area contributed by atoms with E-state index in [0.29, 0.717) is 0 Å². The fraction of sp³-hybridized carbons (Fsp3) is 1.00. The van der Waals surface area contributed by atoms with E-state index in [1.807, 2.05) is 0 Å². The van der Waals surface area contributed by atoms with Crippen LogP contribution in [0.1, 0.15) is 12.8 Å². The molecule has 2 aliphatic heterocycles. The second-order valence-electron chi connectivity index (χ2n) is 2.56. The van der Waals surface area contributed by atoms with Gasteiger partial charge in [-0.2, -0.15) is 0 Å². The Labute approximate surface area is 102 Å². The predicted octanol–water partition coefficient (Wildman–Crippen LogP) is 3.56. The summed E-state index contributed by atoms with van der Waals surface area (Å²) >= 11 is 4.19. The first-order valence-electron chi connectivity index (χ1n) is 3.91. The molecule has 1 radical (unpaired) electrons. The van der Waals surface area contributed by atoms with Crippen molar-refractivity contribution < 1.29 is 0 Å². The third-order valence-electron chi connectivity index (χ3n) is 1.68. The number of rotatable bonds is 5. The van der Waals surface area contributed by atoms with Gasteiger partial charge in [0.2, 0.25) is 0 Å². The second kappa shape index (κ2) is 6.20. The zero-order valence-corrected chi connectivity index (χ0v) is 13.5. The van der Waals surface area contributed by atoms with E-state index in [9.17, 15) is 0 Å². The molecule has 67 valence electrons. The van der Waals surface area contributed by atoms with Gasteiger partial charge < -0.3 is 0 Å². The Hall–Kier alpha value is 2.55. The Morgan fingerprint density at radius 2 is 1.75 bits per heavy atom. The molecule has 2 aliphatic rings. The number of hydrogen-bond donors (Lipinski definition) is 0. The Morgan fingerprint density at radius 1 is 1.08 bits per heavy atom. The van der Waals surface area contributed by atoms with Crippen molar-refractivity contribution in [3.8, 4) is 0 Å². The third-order valence-corrected chi connectivity index (χ3v) is 23.0. The molecule has 2 atom stereocenters. The first-order chi connectivity index (χ1) is 5.95. The van der Waals surface area contributed by atoms with Crippen molar-refractivity contribution >= 4 is 69.6 Å². The van der Waals surface area contributed by atoms with Gasteiger partial charge >= 0.3 is 103 Å². The average Bonchev–Trinajstić information content (AvgIpc) is 1.88. The molecule has 0 spiro atoms. The Morgan fingerprint density at radius 3 is 2.25 bits per heavy atom. The van der Waals surface area contributed by atoms with Crippen molar-refractivity contribution in [2.75, 3.05) is 11.5 Å². The molecule has 0 nitrogen and oxygen atoms in total. The molecule has 2 heterocycles. The fourth-order valence-electron chi connectivity index (χ4n) is 0.744. The molecule has 0 aromatic carbocycles. The molecule has 6 heteroatoms. The van der Waals surface area contributed by atoms with Gasteiger partial charge in [-0.25, -0.2) is 0 Å². The van der Waals surface area contributed by atoms with Gasteiger partial charge in [-0.05, 0) is 0 Å². The normalized spacial score (nSPS) is 33.7. The maximum atomic E-state index is 2.31. The van der Waals surface area contributed by atoms with Crippen LogP contribution in [0, 0.1) is 0 Å². The third kappa shape index (κ3) is 3.60. The van der Waals surface area contributed by atoms with E-state index >= 15 is 0 Å². The standard InChI is InChI=1S/C3H6S3.C3H6S2.Sn/c4-6-3-1-2-5-3;4-3-1-2-5-3;/h3-4H,1-2H2;3-4H,1-2H2;/q;;+3/p-2. The van der Waals surface area contributed by atoms with Gasteiger partial charge in [0.25, 0.3) is 0 Å². The van der Waals surface area contributed by atoms with Gasteiger partial charge in [0.1, 0.15) is 0 Å². The summed E-state index contributed by atoms with van der Waals surface area (Å²) in [6, 6.07) is 0. The minimum atomic E-state index is -0.108. The summed E-state index contributed by atoms with van der Waals surface area (Å²) in [5.74, 6) is 2.84. The van der Waals surface area contributed by atoms with Crippen LogP contribution in [0.5, 0.6) is 0 Å². The monoisotopic (exact) mass is 362 g/mol.